The lowest BCUT2D eigenvalue weighted by atomic mass is 10.1. The minimum absolute atomic E-state index is 0.0889. The molecule has 0 bridgehead atoms. The van der Waals surface area contributed by atoms with Gasteiger partial charge in [-0.2, -0.15) is 0 Å². The van der Waals surface area contributed by atoms with Gasteiger partial charge < -0.3 is 19.5 Å². The van der Waals surface area contributed by atoms with E-state index in [1.807, 2.05) is 30.3 Å². The fourth-order valence-corrected chi connectivity index (χ4v) is 3.17. The number of nitrogens with one attached hydrogen (secondary N) is 1. The Balaban J connectivity index is 1.48. The number of thioether (sulfide) groups is 1. The normalized spacial score (nSPS) is 11.7. The van der Waals surface area contributed by atoms with Crippen molar-refractivity contribution in [2.24, 2.45) is 0 Å². The first-order valence-corrected chi connectivity index (χ1v) is 9.23. The Morgan fingerprint density at radius 1 is 1.18 bits per heavy atom. The molecule has 1 aliphatic rings. The maximum absolute atomic E-state index is 12.2. The van der Waals surface area contributed by atoms with E-state index in [1.54, 1.807) is 11.8 Å². The summed E-state index contributed by atoms with van der Waals surface area (Å²) in [5.41, 5.74) is -0.782. The highest BCUT2D eigenvalue weighted by molar-refractivity contribution is 7.99. The van der Waals surface area contributed by atoms with Crippen LogP contribution in [0.4, 0.5) is 5.69 Å². The average molecular weight is 404 g/mol. The molecule has 0 unspecified atom stereocenters. The van der Waals surface area contributed by atoms with Gasteiger partial charge in [-0.05, 0) is 12.1 Å². The number of carbonyl (C=O) groups excluding carboxylic acids is 2. The third-order valence-corrected chi connectivity index (χ3v) is 4.69. The summed E-state index contributed by atoms with van der Waals surface area (Å²) in [5, 5.41) is 13.8. The van der Waals surface area contributed by atoms with Gasteiger partial charge in [0.15, 0.2) is 18.1 Å². The second-order valence-corrected chi connectivity index (χ2v) is 6.74. The number of carbonyl (C=O) groups is 2. The van der Waals surface area contributed by atoms with Crippen molar-refractivity contribution in [3.63, 3.8) is 0 Å². The van der Waals surface area contributed by atoms with Crippen molar-refractivity contribution in [2.45, 2.75) is 4.90 Å². The van der Waals surface area contributed by atoms with Crippen LogP contribution in [0.2, 0.25) is 0 Å². The summed E-state index contributed by atoms with van der Waals surface area (Å²) in [5.74, 6) is -0.446. The van der Waals surface area contributed by atoms with Gasteiger partial charge >= 0.3 is 5.97 Å². The number of nitro groups is 1. The number of amides is 1. The Hall–Kier alpha value is -3.27. The quantitative estimate of drug-likeness (QED) is 0.234. The molecule has 1 heterocycles. The van der Waals surface area contributed by atoms with E-state index in [0.717, 1.165) is 11.0 Å². The predicted molar refractivity (Wildman–Crippen MR) is 99.7 cm³/mol. The van der Waals surface area contributed by atoms with E-state index in [1.165, 1.54) is 6.07 Å². The van der Waals surface area contributed by atoms with Crippen molar-refractivity contribution in [3.8, 4) is 11.5 Å². The van der Waals surface area contributed by atoms with Crippen LogP contribution in [-0.4, -0.2) is 42.5 Å². The molecule has 1 N–H and O–H groups in total. The highest BCUT2D eigenvalue weighted by Gasteiger charge is 2.28. The zero-order valence-electron chi connectivity index (χ0n) is 14.6. The number of nitrogens with zero attached hydrogens (tertiary/aromatic N) is 1. The summed E-state index contributed by atoms with van der Waals surface area (Å²) in [6.07, 6.45) is 0. The molecule has 146 valence electrons. The lowest BCUT2D eigenvalue weighted by Crippen LogP contribution is -2.30. The molecular formula is C18H16N2O7S. The second-order valence-electron chi connectivity index (χ2n) is 5.57. The zero-order chi connectivity index (χ0) is 19.9. The van der Waals surface area contributed by atoms with E-state index < -0.39 is 29.1 Å². The van der Waals surface area contributed by atoms with Gasteiger partial charge in [-0.1, -0.05) is 18.2 Å². The van der Waals surface area contributed by atoms with Crippen molar-refractivity contribution >= 4 is 29.3 Å². The first kappa shape index (κ1) is 19.5. The van der Waals surface area contributed by atoms with Crippen LogP contribution in [0.5, 0.6) is 11.5 Å². The molecule has 0 aliphatic carbocycles. The van der Waals surface area contributed by atoms with Gasteiger partial charge in [0, 0.05) is 23.3 Å². The van der Waals surface area contributed by atoms with E-state index in [0.29, 0.717) is 12.3 Å². The van der Waals surface area contributed by atoms with Crippen molar-refractivity contribution in [2.75, 3.05) is 25.7 Å². The first-order chi connectivity index (χ1) is 13.5. The van der Waals surface area contributed by atoms with E-state index in [2.05, 4.69) is 5.32 Å². The molecule has 1 aliphatic heterocycles. The molecule has 2 aromatic carbocycles. The van der Waals surface area contributed by atoms with Gasteiger partial charge in [-0.3, -0.25) is 14.9 Å². The Morgan fingerprint density at radius 2 is 1.89 bits per heavy atom. The summed E-state index contributed by atoms with van der Waals surface area (Å²) in [7, 11) is 0. The number of hydrogen-bond donors (Lipinski definition) is 1. The maximum Gasteiger partial charge on any atom is 0.345 e. The summed E-state index contributed by atoms with van der Waals surface area (Å²) in [6.45, 7) is -0.241. The molecule has 0 saturated heterocycles. The van der Waals surface area contributed by atoms with Crippen LogP contribution in [0.3, 0.4) is 0 Å². The Bertz CT molecular complexity index is 889. The van der Waals surface area contributed by atoms with Gasteiger partial charge in [0.25, 0.3) is 11.6 Å². The van der Waals surface area contributed by atoms with Crippen LogP contribution in [0, 0.1) is 10.1 Å². The van der Waals surface area contributed by atoms with Gasteiger partial charge in [0.1, 0.15) is 5.56 Å². The second kappa shape index (κ2) is 9.09. The number of hydrogen-bond acceptors (Lipinski definition) is 8. The highest BCUT2D eigenvalue weighted by atomic mass is 32.2. The summed E-state index contributed by atoms with van der Waals surface area (Å²) < 4.78 is 15.1. The van der Waals surface area contributed by atoms with Crippen LogP contribution in [0.15, 0.2) is 47.4 Å². The van der Waals surface area contributed by atoms with Crippen molar-refractivity contribution < 1.29 is 28.7 Å². The molecule has 0 atom stereocenters. The van der Waals surface area contributed by atoms with Gasteiger partial charge in [-0.15, -0.1) is 11.8 Å². The van der Waals surface area contributed by atoms with Crippen molar-refractivity contribution in [1.29, 1.82) is 0 Å². The van der Waals surface area contributed by atoms with E-state index in [-0.39, 0.29) is 23.9 Å². The summed E-state index contributed by atoms with van der Waals surface area (Å²) in [4.78, 5) is 35.5. The highest BCUT2D eigenvalue weighted by Crippen LogP contribution is 2.38. The van der Waals surface area contributed by atoms with Crippen molar-refractivity contribution in [3.05, 3.63) is 58.1 Å². The molecule has 3 rings (SSSR count). The summed E-state index contributed by atoms with van der Waals surface area (Å²) in [6, 6.07) is 12.0. The molecular weight excluding hydrogens is 388 g/mol. The smallest absolute Gasteiger partial charge is 0.345 e. The average Bonchev–Trinajstić information content (AvgIpc) is 3.16. The number of benzene rings is 2. The topological polar surface area (TPSA) is 117 Å². The predicted octanol–water partition coefficient (Wildman–Crippen LogP) is 2.39. The first-order valence-electron chi connectivity index (χ1n) is 8.24. The van der Waals surface area contributed by atoms with Gasteiger partial charge in [0.2, 0.25) is 6.79 Å². The lowest BCUT2D eigenvalue weighted by Gasteiger charge is -2.07. The molecule has 0 saturated carbocycles. The van der Waals surface area contributed by atoms with Gasteiger partial charge in [-0.25, -0.2) is 4.79 Å². The van der Waals surface area contributed by atoms with Crippen LogP contribution < -0.4 is 14.8 Å². The fraction of sp³-hybridized carbons (Fsp3) is 0.222. The largest absolute Gasteiger partial charge is 0.454 e. The van der Waals surface area contributed by atoms with Crippen LogP contribution in [-0.2, 0) is 9.53 Å². The van der Waals surface area contributed by atoms with Crippen LogP contribution >= 0.6 is 11.8 Å². The third kappa shape index (κ3) is 4.92. The van der Waals surface area contributed by atoms with E-state index in [9.17, 15) is 19.7 Å². The molecule has 0 aromatic heterocycles. The fourth-order valence-electron chi connectivity index (χ4n) is 2.38. The minimum Gasteiger partial charge on any atom is -0.454 e. The molecule has 9 nitrogen and oxygen atoms in total. The number of fused-ring (bicyclic) bond motifs is 1. The molecule has 10 heteroatoms. The van der Waals surface area contributed by atoms with Crippen molar-refractivity contribution in [1.82, 2.24) is 5.32 Å². The van der Waals surface area contributed by atoms with E-state index in [4.69, 9.17) is 14.2 Å². The van der Waals surface area contributed by atoms with Gasteiger partial charge in [0.05, 0.1) is 11.0 Å². The Morgan fingerprint density at radius 3 is 2.61 bits per heavy atom. The zero-order valence-corrected chi connectivity index (χ0v) is 15.4. The molecule has 2 aromatic rings. The Labute approximate surface area is 164 Å². The summed E-state index contributed by atoms with van der Waals surface area (Å²) >= 11 is 1.58. The van der Waals surface area contributed by atoms with Crippen LogP contribution in [0.1, 0.15) is 10.4 Å². The number of nitro benzene ring substituents is 1. The molecule has 1 amide bonds. The molecule has 28 heavy (non-hydrogen) atoms. The Kier molecular flexibility index (Phi) is 6.33. The SMILES string of the molecule is O=C(COC(=O)c1cc2c(cc1[N+](=O)[O-])OCO2)NCCSc1ccccc1. The monoisotopic (exact) mass is 404 g/mol. The maximum atomic E-state index is 12.2. The molecule has 0 spiro atoms. The third-order valence-electron chi connectivity index (χ3n) is 3.68. The standard InChI is InChI=1S/C18H16N2O7S/c21-17(19-6-7-28-12-4-2-1-3-5-12)10-25-18(22)13-8-15-16(27-11-26-15)9-14(13)20(23)24/h1-5,8-9H,6-7,10-11H2,(H,19,21). The number of rotatable bonds is 8. The van der Waals surface area contributed by atoms with E-state index >= 15 is 0 Å². The number of ether oxygens (including phenoxy) is 3. The minimum atomic E-state index is -0.987. The van der Waals surface area contributed by atoms with Crippen LogP contribution in [0.25, 0.3) is 0 Å². The molecule has 0 fully saturated rings. The number of esters is 1. The lowest BCUT2D eigenvalue weighted by molar-refractivity contribution is -0.385. The molecule has 0 radical (unpaired) electrons.